The summed E-state index contributed by atoms with van der Waals surface area (Å²) in [7, 11) is 1.66. The van der Waals surface area contributed by atoms with Crippen molar-refractivity contribution >= 4 is 12.2 Å². The molecule has 5 nitrogen and oxygen atoms in total. The van der Waals surface area contributed by atoms with E-state index in [9.17, 15) is 14.0 Å². The van der Waals surface area contributed by atoms with Gasteiger partial charge < -0.3 is 14.2 Å². The van der Waals surface area contributed by atoms with Gasteiger partial charge in [0, 0.05) is 30.3 Å². The van der Waals surface area contributed by atoms with Crippen LogP contribution in [0.15, 0.2) is 77.3 Å². The number of aryl methyl sites for hydroxylation is 1. The summed E-state index contributed by atoms with van der Waals surface area (Å²) in [6.07, 6.45) is 3.02. The third kappa shape index (κ3) is 4.59. The van der Waals surface area contributed by atoms with Crippen molar-refractivity contribution in [2.45, 2.75) is 38.1 Å². The Kier molecular flexibility index (Phi) is 6.27. The molecular weight excluding hydrogens is 455 g/mol. The van der Waals surface area contributed by atoms with Gasteiger partial charge in [-0.05, 0) is 42.5 Å². The van der Waals surface area contributed by atoms with Gasteiger partial charge in [0.05, 0.1) is 17.5 Å². The van der Waals surface area contributed by atoms with Gasteiger partial charge in [-0.1, -0.05) is 71.9 Å². The number of benzene rings is 3. The predicted molar refractivity (Wildman–Crippen MR) is 136 cm³/mol. The number of hydrogen-bond acceptors (Lipinski definition) is 4. The van der Waals surface area contributed by atoms with Crippen LogP contribution < -0.4 is 0 Å². The summed E-state index contributed by atoms with van der Waals surface area (Å²) in [4.78, 5) is 25.8. The SMILES string of the molecule is Cc1noc(-c2ccc(-c3ccc(C4(C=O)CC4)cc3)cc2)c1CC(=O)N(C)Cc1ccccc1F. The van der Waals surface area contributed by atoms with Gasteiger partial charge in [0.15, 0.2) is 5.76 Å². The first-order valence-electron chi connectivity index (χ1n) is 12.0. The summed E-state index contributed by atoms with van der Waals surface area (Å²) in [5.41, 5.74) is 5.58. The highest BCUT2D eigenvalue weighted by Crippen LogP contribution is 2.46. The number of aromatic nitrogens is 1. The normalized spacial score (nSPS) is 13.9. The quantitative estimate of drug-likeness (QED) is 0.294. The van der Waals surface area contributed by atoms with Crippen LogP contribution in [-0.2, 0) is 28.0 Å². The molecule has 1 aliphatic carbocycles. The summed E-state index contributed by atoms with van der Waals surface area (Å²) in [6, 6.07) is 22.5. The molecule has 0 aliphatic heterocycles. The Labute approximate surface area is 209 Å². The molecule has 0 bridgehead atoms. The standard InChI is InChI=1S/C30H27FN2O3/c1-20-26(17-28(35)33(2)18-24-5-3-4-6-27(24)31)29(36-32-20)23-9-7-21(8-10-23)22-11-13-25(14-12-22)30(19-34)15-16-30/h3-14,19H,15-18H2,1-2H3. The van der Waals surface area contributed by atoms with Crippen molar-refractivity contribution in [2.24, 2.45) is 0 Å². The zero-order valence-electron chi connectivity index (χ0n) is 20.3. The van der Waals surface area contributed by atoms with Crippen LogP contribution in [0.1, 0.15) is 35.2 Å². The maximum atomic E-state index is 14.0. The molecule has 4 aromatic rings. The number of likely N-dealkylation sites (N-methyl/N-ethyl adjacent to an activating group) is 1. The van der Waals surface area contributed by atoms with Crippen LogP contribution in [0, 0.1) is 12.7 Å². The minimum atomic E-state index is -0.329. The highest BCUT2D eigenvalue weighted by Gasteiger charge is 2.44. The molecule has 0 radical (unpaired) electrons. The molecule has 1 aromatic heterocycles. The first kappa shape index (κ1) is 23.7. The van der Waals surface area contributed by atoms with Crippen LogP contribution in [0.3, 0.4) is 0 Å². The average Bonchev–Trinajstić information content (AvgIpc) is 3.63. The summed E-state index contributed by atoms with van der Waals surface area (Å²) in [5, 5.41) is 4.10. The molecule has 0 unspecified atom stereocenters. The molecule has 36 heavy (non-hydrogen) atoms. The summed E-state index contributed by atoms with van der Waals surface area (Å²) in [5.74, 6) is 0.0829. The van der Waals surface area contributed by atoms with Crippen molar-refractivity contribution in [3.05, 3.63) is 101 Å². The second kappa shape index (κ2) is 9.53. The van der Waals surface area contributed by atoms with E-state index in [1.165, 1.54) is 11.0 Å². The highest BCUT2D eigenvalue weighted by atomic mass is 19.1. The minimum Gasteiger partial charge on any atom is -0.356 e. The molecule has 3 aromatic carbocycles. The van der Waals surface area contributed by atoms with E-state index < -0.39 is 0 Å². The number of carbonyl (C=O) groups is 2. The second-order valence-electron chi connectivity index (χ2n) is 9.52. The van der Waals surface area contributed by atoms with Crippen LogP contribution in [0.25, 0.3) is 22.5 Å². The Morgan fingerprint density at radius 3 is 2.22 bits per heavy atom. The lowest BCUT2D eigenvalue weighted by Gasteiger charge is -2.17. The van der Waals surface area contributed by atoms with Gasteiger partial charge in [-0.25, -0.2) is 4.39 Å². The van der Waals surface area contributed by atoms with E-state index >= 15 is 0 Å². The van der Waals surface area contributed by atoms with Crippen LogP contribution in [0.4, 0.5) is 4.39 Å². The van der Waals surface area contributed by atoms with Crippen molar-refractivity contribution in [1.29, 1.82) is 0 Å². The van der Waals surface area contributed by atoms with Gasteiger partial charge in [0.2, 0.25) is 5.91 Å². The number of halogens is 1. The smallest absolute Gasteiger partial charge is 0.227 e. The van der Waals surface area contributed by atoms with Gasteiger partial charge in [-0.3, -0.25) is 4.79 Å². The molecule has 1 saturated carbocycles. The number of hydrogen-bond donors (Lipinski definition) is 0. The Balaban J connectivity index is 1.31. The Morgan fingerprint density at radius 2 is 1.61 bits per heavy atom. The molecular formula is C30H27FN2O3. The Morgan fingerprint density at radius 1 is 1.00 bits per heavy atom. The second-order valence-corrected chi connectivity index (χ2v) is 9.52. The Hall–Kier alpha value is -4.06. The third-order valence-electron chi connectivity index (χ3n) is 7.06. The fourth-order valence-corrected chi connectivity index (χ4v) is 4.50. The van der Waals surface area contributed by atoms with E-state index in [4.69, 9.17) is 4.52 Å². The van der Waals surface area contributed by atoms with Crippen LogP contribution in [0.2, 0.25) is 0 Å². The highest BCUT2D eigenvalue weighted by molar-refractivity contribution is 5.81. The van der Waals surface area contributed by atoms with Crippen molar-refractivity contribution in [3.63, 3.8) is 0 Å². The van der Waals surface area contributed by atoms with E-state index in [2.05, 4.69) is 5.16 Å². The maximum absolute atomic E-state index is 14.0. The maximum Gasteiger partial charge on any atom is 0.227 e. The largest absolute Gasteiger partial charge is 0.356 e. The lowest BCUT2D eigenvalue weighted by atomic mass is 9.94. The fraction of sp³-hybridized carbons (Fsp3) is 0.233. The molecule has 1 amide bonds. The van der Waals surface area contributed by atoms with Gasteiger partial charge in [-0.2, -0.15) is 0 Å². The molecule has 1 aliphatic rings. The summed E-state index contributed by atoms with van der Waals surface area (Å²) >= 11 is 0. The molecule has 1 fully saturated rings. The predicted octanol–water partition coefficient (Wildman–Crippen LogP) is 5.89. The molecule has 0 N–H and O–H groups in total. The van der Waals surface area contributed by atoms with Crippen LogP contribution in [0.5, 0.6) is 0 Å². The molecule has 0 atom stereocenters. The fourth-order valence-electron chi connectivity index (χ4n) is 4.50. The van der Waals surface area contributed by atoms with Gasteiger partial charge >= 0.3 is 0 Å². The summed E-state index contributed by atoms with van der Waals surface area (Å²) < 4.78 is 19.6. The number of aldehydes is 1. The lowest BCUT2D eigenvalue weighted by molar-refractivity contribution is -0.129. The zero-order valence-corrected chi connectivity index (χ0v) is 20.3. The number of rotatable bonds is 8. The van der Waals surface area contributed by atoms with Gasteiger partial charge in [-0.15, -0.1) is 0 Å². The lowest BCUT2D eigenvalue weighted by Crippen LogP contribution is -2.28. The van der Waals surface area contributed by atoms with E-state index in [0.29, 0.717) is 17.0 Å². The van der Waals surface area contributed by atoms with E-state index in [1.54, 1.807) is 25.2 Å². The first-order chi connectivity index (χ1) is 17.4. The van der Waals surface area contributed by atoms with Crippen LogP contribution in [-0.4, -0.2) is 29.3 Å². The van der Waals surface area contributed by atoms with Crippen LogP contribution >= 0.6 is 0 Å². The van der Waals surface area contributed by atoms with Crippen molar-refractivity contribution in [2.75, 3.05) is 7.05 Å². The topological polar surface area (TPSA) is 63.4 Å². The van der Waals surface area contributed by atoms with Crippen molar-refractivity contribution in [1.82, 2.24) is 10.1 Å². The third-order valence-corrected chi connectivity index (χ3v) is 7.06. The minimum absolute atomic E-state index is 0.108. The van der Waals surface area contributed by atoms with E-state index in [1.807, 2.05) is 55.5 Å². The first-order valence-corrected chi connectivity index (χ1v) is 12.0. The average molecular weight is 483 g/mol. The summed E-state index contributed by atoms with van der Waals surface area (Å²) in [6.45, 7) is 2.00. The monoisotopic (exact) mass is 482 g/mol. The number of nitrogens with zero attached hydrogens (tertiary/aromatic N) is 2. The van der Waals surface area contributed by atoms with Gasteiger partial charge in [0.25, 0.3) is 0 Å². The number of carbonyl (C=O) groups excluding carboxylic acids is 2. The Bertz CT molecular complexity index is 1400. The molecule has 5 rings (SSSR count). The molecule has 182 valence electrons. The van der Waals surface area contributed by atoms with Gasteiger partial charge in [0.1, 0.15) is 12.1 Å². The molecule has 0 saturated heterocycles. The zero-order chi connectivity index (χ0) is 25.3. The van der Waals surface area contributed by atoms with Crippen molar-refractivity contribution in [3.8, 4) is 22.5 Å². The van der Waals surface area contributed by atoms with Crippen molar-refractivity contribution < 1.29 is 18.5 Å². The van der Waals surface area contributed by atoms with E-state index in [0.717, 1.165) is 46.9 Å². The number of amides is 1. The molecule has 6 heteroatoms. The van der Waals surface area contributed by atoms with E-state index in [-0.39, 0.29) is 30.1 Å². The molecule has 0 spiro atoms. The molecule has 1 heterocycles.